The van der Waals surface area contributed by atoms with Crippen molar-refractivity contribution in [1.29, 1.82) is 0 Å². The molecular weight excluding hydrogens is 252 g/mol. The lowest BCUT2D eigenvalue weighted by atomic mass is 9.96. The maximum Gasteiger partial charge on any atom is 0.307 e. The van der Waals surface area contributed by atoms with Gasteiger partial charge < -0.3 is 15.7 Å². The molecule has 1 aliphatic heterocycles. The van der Waals surface area contributed by atoms with E-state index in [1.54, 1.807) is 0 Å². The number of carbonyl (C=O) groups is 1. The van der Waals surface area contributed by atoms with Gasteiger partial charge in [-0.05, 0) is 24.1 Å². The van der Waals surface area contributed by atoms with Crippen LogP contribution < -0.4 is 10.6 Å². The van der Waals surface area contributed by atoms with Crippen LogP contribution in [0.15, 0.2) is 24.3 Å². The van der Waals surface area contributed by atoms with E-state index in [0.29, 0.717) is 19.5 Å². The highest BCUT2D eigenvalue weighted by atomic mass is 35.5. The molecule has 0 aromatic heterocycles. The Balaban J connectivity index is 1.84. The molecule has 1 fully saturated rings. The maximum absolute atomic E-state index is 10.9. The third-order valence-electron chi connectivity index (χ3n) is 3.18. The predicted molar refractivity (Wildman–Crippen MR) is 70.7 cm³/mol. The van der Waals surface area contributed by atoms with E-state index < -0.39 is 5.97 Å². The third-order valence-corrected chi connectivity index (χ3v) is 3.42. The quantitative estimate of drug-likeness (QED) is 0.774. The van der Waals surface area contributed by atoms with Crippen molar-refractivity contribution >= 4 is 17.6 Å². The second-order valence-electron chi connectivity index (χ2n) is 4.64. The van der Waals surface area contributed by atoms with E-state index in [4.69, 9.17) is 16.7 Å². The second kappa shape index (κ2) is 6.18. The summed E-state index contributed by atoms with van der Waals surface area (Å²) in [5, 5.41) is 16.2. The van der Waals surface area contributed by atoms with Crippen LogP contribution >= 0.6 is 11.6 Å². The molecule has 1 heterocycles. The van der Waals surface area contributed by atoms with Gasteiger partial charge in [-0.1, -0.05) is 23.7 Å². The minimum Gasteiger partial charge on any atom is -0.481 e. The van der Waals surface area contributed by atoms with Crippen molar-refractivity contribution in [1.82, 2.24) is 10.6 Å². The van der Waals surface area contributed by atoms with Crippen LogP contribution in [0.4, 0.5) is 0 Å². The number of carboxylic acids is 1. The van der Waals surface area contributed by atoms with Crippen LogP contribution in [0.1, 0.15) is 12.0 Å². The summed E-state index contributed by atoms with van der Waals surface area (Å²) in [5.74, 6) is -1.02. The van der Waals surface area contributed by atoms with Gasteiger partial charge in [0.1, 0.15) is 0 Å². The van der Waals surface area contributed by atoms with Gasteiger partial charge in [-0.3, -0.25) is 4.79 Å². The highest BCUT2D eigenvalue weighted by molar-refractivity contribution is 6.30. The van der Waals surface area contributed by atoms with E-state index in [1.165, 1.54) is 0 Å². The van der Waals surface area contributed by atoms with Crippen molar-refractivity contribution in [3.63, 3.8) is 0 Å². The Morgan fingerprint density at radius 2 is 2.33 bits per heavy atom. The first-order valence-corrected chi connectivity index (χ1v) is 6.44. The first kappa shape index (κ1) is 13.3. The standard InChI is InChI=1S/C13H17ClN2O2/c14-11-3-1-2-9(4-11)6-16-12-5-10(13(17)18)7-15-8-12/h1-4,10,12,15-16H,5-8H2,(H,17,18)/t10-,12+/m0/s1. The Morgan fingerprint density at radius 1 is 1.50 bits per heavy atom. The maximum atomic E-state index is 10.9. The van der Waals surface area contributed by atoms with E-state index >= 15 is 0 Å². The molecule has 0 saturated carbocycles. The summed E-state index contributed by atoms with van der Waals surface area (Å²) in [5.41, 5.74) is 1.11. The minimum absolute atomic E-state index is 0.193. The second-order valence-corrected chi connectivity index (χ2v) is 5.07. The number of nitrogens with one attached hydrogen (secondary N) is 2. The van der Waals surface area contributed by atoms with E-state index in [0.717, 1.165) is 17.1 Å². The van der Waals surface area contributed by atoms with Gasteiger partial charge in [-0.25, -0.2) is 0 Å². The molecule has 1 saturated heterocycles. The van der Waals surface area contributed by atoms with E-state index in [1.807, 2.05) is 24.3 Å². The van der Waals surface area contributed by atoms with Crippen molar-refractivity contribution in [2.75, 3.05) is 13.1 Å². The Hall–Kier alpha value is -1.10. The normalized spacial score (nSPS) is 23.8. The lowest BCUT2D eigenvalue weighted by Crippen LogP contribution is -2.48. The number of halogens is 1. The van der Waals surface area contributed by atoms with E-state index in [2.05, 4.69) is 10.6 Å². The van der Waals surface area contributed by atoms with Crippen LogP contribution in [-0.4, -0.2) is 30.2 Å². The molecule has 0 bridgehead atoms. The number of piperidine rings is 1. The summed E-state index contributed by atoms with van der Waals surface area (Å²) in [6.07, 6.45) is 0.670. The number of benzene rings is 1. The van der Waals surface area contributed by atoms with Gasteiger partial charge in [-0.15, -0.1) is 0 Å². The summed E-state index contributed by atoms with van der Waals surface area (Å²) in [4.78, 5) is 10.9. The smallest absolute Gasteiger partial charge is 0.307 e. The van der Waals surface area contributed by atoms with Crippen molar-refractivity contribution in [3.05, 3.63) is 34.9 Å². The summed E-state index contributed by atoms with van der Waals surface area (Å²) in [6.45, 7) is 2.08. The Bertz CT molecular complexity index is 425. The zero-order valence-electron chi connectivity index (χ0n) is 10.0. The molecule has 98 valence electrons. The molecule has 3 N–H and O–H groups in total. The van der Waals surface area contributed by atoms with Gasteiger partial charge in [0.15, 0.2) is 0 Å². The van der Waals surface area contributed by atoms with Crippen LogP contribution in [-0.2, 0) is 11.3 Å². The van der Waals surface area contributed by atoms with Crippen LogP contribution in [0.25, 0.3) is 0 Å². The van der Waals surface area contributed by atoms with Gasteiger partial charge in [0.25, 0.3) is 0 Å². The van der Waals surface area contributed by atoms with Crippen molar-refractivity contribution in [2.24, 2.45) is 5.92 Å². The highest BCUT2D eigenvalue weighted by Gasteiger charge is 2.26. The fourth-order valence-corrected chi connectivity index (χ4v) is 2.41. The van der Waals surface area contributed by atoms with Crippen LogP contribution in [0.5, 0.6) is 0 Å². The molecule has 4 nitrogen and oxygen atoms in total. The lowest BCUT2D eigenvalue weighted by Gasteiger charge is -2.28. The monoisotopic (exact) mass is 268 g/mol. The number of rotatable bonds is 4. The van der Waals surface area contributed by atoms with E-state index in [9.17, 15) is 4.79 Å². The summed E-state index contributed by atoms with van der Waals surface area (Å²) < 4.78 is 0. The Morgan fingerprint density at radius 3 is 3.06 bits per heavy atom. The van der Waals surface area contributed by atoms with Crippen LogP contribution in [0.3, 0.4) is 0 Å². The SMILES string of the molecule is O=C(O)[C@@H]1CNC[C@H](NCc2cccc(Cl)c2)C1. The zero-order valence-corrected chi connectivity index (χ0v) is 10.8. The molecule has 2 atom stereocenters. The van der Waals surface area contributed by atoms with Gasteiger partial charge in [0.2, 0.25) is 0 Å². The fraction of sp³-hybridized carbons (Fsp3) is 0.462. The fourth-order valence-electron chi connectivity index (χ4n) is 2.19. The molecular formula is C13H17ClN2O2. The average molecular weight is 269 g/mol. The van der Waals surface area contributed by atoms with Crippen LogP contribution in [0, 0.1) is 5.92 Å². The number of hydrogen-bond donors (Lipinski definition) is 3. The first-order valence-electron chi connectivity index (χ1n) is 6.06. The molecule has 0 unspecified atom stereocenters. The molecule has 1 aliphatic rings. The zero-order chi connectivity index (χ0) is 13.0. The summed E-state index contributed by atoms with van der Waals surface area (Å²) in [6, 6.07) is 7.87. The topological polar surface area (TPSA) is 61.4 Å². The van der Waals surface area contributed by atoms with Gasteiger partial charge in [-0.2, -0.15) is 0 Å². The number of aliphatic carboxylic acids is 1. The Kier molecular flexibility index (Phi) is 4.58. The van der Waals surface area contributed by atoms with Gasteiger partial charge in [0, 0.05) is 30.7 Å². The molecule has 2 rings (SSSR count). The van der Waals surface area contributed by atoms with E-state index in [-0.39, 0.29) is 12.0 Å². The lowest BCUT2D eigenvalue weighted by molar-refractivity contribution is -0.142. The van der Waals surface area contributed by atoms with Gasteiger partial charge >= 0.3 is 5.97 Å². The van der Waals surface area contributed by atoms with Crippen LogP contribution in [0.2, 0.25) is 5.02 Å². The number of hydrogen-bond acceptors (Lipinski definition) is 3. The largest absolute Gasteiger partial charge is 0.481 e. The minimum atomic E-state index is -0.725. The molecule has 1 aromatic rings. The first-order chi connectivity index (χ1) is 8.65. The van der Waals surface area contributed by atoms with Crippen molar-refractivity contribution in [3.8, 4) is 0 Å². The predicted octanol–water partition coefficient (Wildman–Crippen LogP) is 1.49. The number of carboxylic acid groups (broad SMARTS) is 1. The molecule has 0 spiro atoms. The third kappa shape index (κ3) is 3.70. The molecule has 1 aromatic carbocycles. The van der Waals surface area contributed by atoms with Crippen molar-refractivity contribution < 1.29 is 9.90 Å². The molecule has 5 heteroatoms. The summed E-state index contributed by atoms with van der Waals surface area (Å²) in [7, 11) is 0. The highest BCUT2D eigenvalue weighted by Crippen LogP contribution is 2.13. The average Bonchev–Trinajstić information content (AvgIpc) is 2.37. The molecule has 0 aliphatic carbocycles. The van der Waals surface area contributed by atoms with Gasteiger partial charge in [0.05, 0.1) is 5.92 Å². The molecule has 0 radical (unpaired) electrons. The van der Waals surface area contributed by atoms with Crippen molar-refractivity contribution in [2.45, 2.75) is 19.0 Å². The molecule has 18 heavy (non-hydrogen) atoms. The summed E-state index contributed by atoms with van der Waals surface area (Å²) >= 11 is 5.91. The molecule has 0 amide bonds. The Labute approximate surface area is 111 Å².